The van der Waals surface area contributed by atoms with E-state index >= 15 is 0 Å². The third-order valence-corrected chi connectivity index (χ3v) is 0.406. The fraction of sp³-hybridized carbons (Fsp3) is 0.500. The maximum atomic E-state index is 9.29. The Bertz CT molecular complexity index is 51.0. The van der Waals surface area contributed by atoms with Crippen LogP contribution < -0.4 is 18.9 Å². The summed E-state index contributed by atoms with van der Waals surface area (Å²) >= 11 is 3.42. The summed E-state index contributed by atoms with van der Waals surface area (Å²) < 4.78 is 0. The second kappa shape index (κ2) is 5.42. The Morgan fingerprint density at radius 1 is 2.00 bits per heavy atom. The van der Waals surface area contributed by atoms with Gasteiger partial charge in [-0.05, 0) is 0 Å². The van der Waals surface area contributed by atoms with Gasteiger partial charge in [0.1, 0.15) is 0 Å². The van der Waals surface area contributed by atoms with Crippen LogP contribution in [0.4, 0.5) is 0 Å². The molecule has 0 atom stereocenters. The molecule has 0 aromatic carbocycles. The van der Waals surface area contributed by atoms with E-state index in [9.17, 15) is 4.79 Å². The number of hydrogen-bond donors (Lipinski definition) is 2. The van der Waals surface area contributed by atoms with E-state index in [1.54, 1.807) is 0 Å². The maximum absolute atomic E-state index is 9.29. The first-order valence-corrected chi connectivity index (χ1v) is 1.73. The molecule has 0 aliphatic heterocycles. The van der Waals surface area contributed by atoms with E-state index in [1.807, 2.05) is 0 Å². The third-order valence-electron chi connectivity index (χ3n) is 0.135. The average molecular weight is 100 g/mol. The molecule has 0 radical (unpaired) electrons. The van der Waals surface area contributed by atoms with Gasteiger partial charge in [0.15, 0.2) is 0 Å². The second-order valence-electron chi connectivity index (χ2n) is 0.552. The number of hydrogen-bond acceptors (Lipinski definition) is 2. The van der Waals surface area contributed by atoms with Gasteiger partial charge < -0.3 is 6.53 Å². The van der Waals surface area contributed by atoms with E-state index in [1.165, 1.54) is 0 Å². The summed E-state index contributed by atoms with van der Waals surface area (Å²) in [5.74, 6) is -0.965. The quantitative estimate of drug-likeness (QED) is 0.274. The van der Waals surface area contributed by atoms with E-state index in [2.05, 4.69) is 12.6 Å². The van der Waals surface area contributed by atoms with Crippen molar-refractivity contribution in [1.82, 2.24) is 0 Å². The van der Waals surface area contributed by atoms with Crippen molar-refractivity contribution in [1.29, 1.82) is 0 Å². The molecule has 0 fully saturated rings. The van der Waals surface area contributed by atoms with Crippen LogP contribution in [0, 0.1) is 0 Å². The van der Waals surface area contributed by atoms with Crippen molar-refractivity contribution in [3.63, 3.8) is 0 Å². The van der Waals surface area contributed by atoms with Crippen LogP contribution in [0.15, 0.2) is 0 Å². The van der Waals surface area contributed by atoms with Crippen molar-refractivity contribution >= 4 is 18.6 Å². The predicted molar refractivity (Wildman–Crippen MR) is 22.6 cm³/mol. The minimum Gasteiger partial charge on any atom is -1.00 e. The first-order valence-electron chi connectivity index (χ1n) is 1.10. The molecule has 0 aliphatic rings. The standard InChI is InChI=1S/C2H4O2S.Li.H/c3-2(4)1-5;;/h5H,1H2,(H,3,4);;/q;+1;-1. The summed E-state index contributed by atoms with van der Waals surface area (Å²) in [5, 5.41) is 7.65. The first-order chi connectivity index (χ1) is 2.27. The van der Waals surface area contributed by atoms with Gasteiger partial charge in [-0.3, -0.25) is 4.79 Å². The molecule has 0 aromatic heterocycles. The zero-order valence-corrected chi connectivity index (χ0v) is 4.40. The van der Waals surface area contributed by atoms with Crippen LogP contribution in [-0.4, -0.2) is 16.8 Å². The fourth-order valence-electron chi connectivity index (χ4n) is 0. The molecule has 0 saturated heterocycles. The number of aliphatic carboxylic acids is 1. The van der Waals surface area contributed by atoms with E-state index in [0.717, 1.165) is 0 Å². The van der Waals surface area contributed by atoms with Gasteiger partial charge in [-0.1, -0.05) is 0 Å². The molecule has 6 heavy (non-hydrogen) atoms. The monoisotopic (exact) mass is 100 g/mol. The Morgan fingerprint density at radius 2 is 2.17 bits per heavy atom. The van der Waals surface area contributed by atoms with Crippen molar-refractivity contribution in [2.75, 3.05) is 5.75 Å². The third kappa shape index (κ3) is 8.83. The smallest absolute Gasteiger partial charge is 1.00 e. The molecule has 1 N–H and O–H groups in total. The predicted octanol–water partition coefficient (Wildman–Crippen LogP) is -2.88. The van der Waals surface area contributed by atoms with Crippen molar-refractivity contribution in [3.05, 3.63) is 0 Å². The fourth-order valence-corrected chi connectivity index (χ4v) is 0. The normalized spacial score (nSPS) is 6.17. The zero-order valence-electron chi connectivity index (χ0n) is 4.51. The molecule has 0 aromatic rings. The van der Waals surface area contributed by atoms with Crippen LogP contribution in [0.25, 0.3) is 0 Å². The minimum atomic E-state index is -0.881. The summed E-state index contributed by atoms with van der Waals surface area (Å²) in [5.41, 5.74) is 0. The molecule has 0 heterocycles. The van der Waals surface area contributed by atoms with E-state index < -0.39 is 5.97 Å². The van der Waals surface area contributed by atoms with Gasteiger partial charge in [0, 0.05) is 0 Å². The average Bonchev–Trinajstić information content (AvgIpc) is 1.38. The minimum absolute atomic E-state index is 0. The molecule has 2 nitrogen and oxygen atoms in total. The van der Waals surface area contributed by atoms with Gasteiger partial charge in [-0.25, -0.2) is 0 Å². The SMILES string of the molecule is O=C(O)CS.[H-].[Li+]. The number of carboxylic acids is 1. The Labute approximate surface area is 55.0 Å². The molecule has 4 heteroatoms. The summed E-state index contributed by atoms with van der Waals surface area (Å²) in [7, 11) is 0. The summed E-state index contributed by atoms with van der Waals surface area (Å²) in [6.07, 6.45) is 0. The van der Waals surface area contributed by atoms with Crippen molar-refractivity contribution in [3.8, 4) is 0 Å². The van der Waals surface area contributed by atoms with Crippen LogP contribution in [0.1, 0.15) is 1.43 Å². The molecule has 0 spiro atoms. The van der Waals surface area contributed by atoms with Gasteiger partial charge in [-0.2, -0.15) is 12.6 Å². The van der Waals surface area contributed by atoms with Crippen molar-refractivity contribution in [2.24, 2.45) is 0 Å². The van der Waals surface area contributed by atoms with Gasteiger partial charge in [0.05, 0.1) is 5.75 Å². The van der Waals surface area contributed by atoms with Crippen LogP contribution in [0.5, 0.6) is 0 Å². The van der Waals surface area contributed by atoms with Crippen molar-refractivity contribution in [2.45, 2.75) is 0 Å². The summed E-state index contributed by atoms with van der Waals surface area (Å²) in [4.78, 5) is 9.29. The molecule has 0 amide bonds. The molecule has 0 saturated carbocycles. The van der Waals surface area contributed by atoms with E-state index in [0.29, 0.717) is 0 Å². The Balaban J connectivity index is -0.0000000800. The van der Waals surface area contributed by atoms with Crippen LogP contribution in [0.2, 0.25) is 0 Å². The first kappa shape index (κ1) is 9.65. The van der Waals surface area contributed by atoms with Gasteiger partial charge in [-0.15, -0.1) is 0 Å². The molecule has 0 unspecified atom stereocenters. The Hall–Kier alpha value is 0.417. The van der Waals surface area contributed by atoms with E-state index in [-0.39, 0.29) is 26.0 Å². The summed E-state index contributed by atoms with van der Waals surface area (Å²) in [6, 6.07) is 0. The molecular formula is C2H5LiO2S. The number of thiol groups is 1. The van der Waals surface area contributed by atoms with Gasteiger partial charge in [0.2, 0.25) is 0 Å². The van der Waals surface area contributed by atoms with E-state index in [4.69, 9.17) is 5.11 Å². The van der Waals surface area contributed by atoms with Crippen LogP contribution in [-0.2, 0) is 4.79 Å². The Kier molecular flexibility index (Phi) is 8.71. The largest absolute Gasteiger partial charge is 1.00 e. The Morgan fingerprint density at radius 3 is 2.17 bits per heavy atom. The molecule has 0 aliphatic carbocycles. The number of rotatable bonds is 1. The summed E-state index contributed by atoms with van der Waals surface area (Å²) in [6.45, 7) is 0. The van der Waals surface area contributed by atoms with Crippen LogP contribution >= 0.6 is 12.6 Å². The van der Waals surface area contributed by atoms with Crippen molar-refractivity contribution < 1.29 is 30.2 Å². The van der Waals surface area contributed by atoms with Gasteiger partial charge in [0.25, 0.3) is 0 Å². The number of carbonyl (C=O) groups is 1. The number of carboxylic acid groups (broad SMARTS) is 1. The second-order valence-corrected chi connectivity index (χ2v) is 0.868. The molecule has 0 rings (SSSR count). The molecule has 0 bridgehead atoms. The van der Waals surface area contributed by atoms with Crippen LogP contribution in [0.3, 0.4) is 0 Å². The molecule has 32 valence electrons. The maximum Gasteiger partial charge on any atom is 1.00 e. The van der Waals surface area contributed by atoms with Gasteiger partial charge >= 0.3 is 24.8 Å². The molecular weight excluding hydrogens is 95.0 g/mol. The zero-order chi connectivity index (χ0) is 4.28. The topological polar surface area (TPSA) is 37.3 Å².